The van der Waals surface area contributed by atoms with Crippen LogP contribution in [0.2, 0.25) is 0 Å². The van der Waals surface area contributed by atoms with E-state index in [0.29, 0.717) is 30.6 Å². The van der Waals surface area contributed by atoms with Crippen LogP contribution in [0.1, 0.15) is 108 Å². The average molecular weight is 637 g/mol. The predicted molar refractivity (Wildman–Crippen MR) is 185 cm³/mol. The second-order valence-electron chi connectivity index (χ2n) is 16.1. The molecule has 1 saturated heterocycles. The van der Waals surface area contributed by atoms with Crippen molar-refractivity contribution in [1.29, 1.82) is 0 Å². The van der Waals surface area contributed by atoms with E-state index in [1.54, 1.807) is 6.92 Å². The van der Waals surface area contributed by atoms with Gasteiger partial charge >= 0.3 is 5.97 Å². The topological polar surface area (TPSA) is 66.5 Å². The summed E-state index contributed by atoms with van der Waals surface area (Å²) in [5.41, 5.74) is -0.417. The van der Waals surface area contributed by atoms with Crippen molar-refractivity contribution < 1.29 is 27.4 Å². The summed E-state index contributed by atoms with van der Waals surface area (Å²) < 4.78 is 30.5. The molecule has 0 N–H and O–H groups in total. The van der Waals surface area contributed by atoms with Gasteiger partial charge in [-0.15, -0.1) is 20.6 Å². The summed E-state index contributed by atoms with van der Waals surface area (Å²) in [6, 6.07) is 0. The normalized spacial score (nSPS) is 18.5. The molecule has 0 aromatic rings. The predicted octanol–water partition coefficient (Wildman–Crippen LogP) is 8.85. The average Bonchev–Trinajstić information content (AvgIpc) is 3.61. The first kappa shape index (κ1) is 39.8. The van der Waals surface area contributed by atoms with E-state index in [1.165, 1.54) is 12.8 Å². The summed E-state index contributed by atoms with van der Waals surface area (Å²) in [5.74, 6) is 2.48. The molecule has 6 nitrogen and oxygen atoms in total. The molecule has 0 aromatic heterocycles. The number of esters is 1. The highest BCUT2D eigenvalue weighted by Crippen LogP contribution is 2.59. The van der Waals surface area contributed by atoms with Crippen LogP contribution in [-0.2, 0) is 27.4 Å². The molecule has 1 aliphatic heterocycles. The molecule has 0 aliphatic carbocycles. The lowest BCUT2D eigenvalue weighted by Gasteiger charge is -2.44. The zero-order valence-corrected chi connectivity index (χ0v) is 31.5. The summed E-state index contributed by atoms with van der Waals surface area (Å²) in [6.07, 6.45) is 15.8. The minimum Gasteiger partial charge on any atom is -0.456 e. The molecule has 1 fully saturated rings. The third kappa shape index (κ3) is 17.3. The first-order valence-electron chi connectivity index (χ1n) is 15.8. The fourth-order valence-electron chi connectivity index (χ4n) is 5.13. The first-order valence-corrected chi connectivity index (χ1v) is 20.9. The Labute approximate surface area is 263 Å². The number of ether oxygens (including phenoxy) is 4. The Morgan fingerprint density at radius 2 is 1.43 bits per heavy atom. The molecule has 0 spiro atoms. The lowest BCUT2D eigenvalue weighted by Crippen LogP contribution is -2.33. The Morgan fingerprint density at radius 1 is 0.881 bits per heavy atom. The minimum atomic E-state index is -1.15. The van der Waals surface area contributed by atoms with Gasteiger partial charge in [0.05, 0.1) is 37.1 Å². The lowest BCUT2D eigenvalue weighted by molar-refractivity contribution is -0.154. The van der Waals surface area contributed by atoms with Crippen molar-refractivity contribution in [3.05, 3.63) is 12.2 Å². The van der Waals surface area contributed by atoms with E-state index >= 15 is 0 Å². The molecular formula is C34H68O6S2. The van der Waals surface area contributed by atoms with E-state index in [0.717, 1.165) is 44.0 Å². The van der Waals surface area contributed by atoms with E-state index in [1.807, 2.05) is 13.8 Å². The number of carbonyl (C=O) groups excluding carboxylic acids is 1. The number of carbonyl (C=O) groups is 1. The van der Waals surface area contributed by atoms with Crippen LogP contribution in [0.5, 0.6) is 0 Å². The molecule has 0 radical (unpaired) electrons. The molecule has 1 rings (SSSR count). The van der Waals surface area contributed by atoms with E-state index in [4.69, 9.17) is 22.6 Å². The molecular weight excluding hydrogens is 569 g/mol. The Kier molecular flexibility index (Phi) is 15.0. The molecule has 8 heteroatoms. The molecule has 0 saturated carbocycles. The molecule has 42 heavy (non-hydrogen) atoms. The summed E-state index contributed by atoms with van der Waals surface area (Å²) in [6.45, 7) is 26.9. The summed E-state index contributed by atoms with van der Waals surface area (Å²) in [4.78, 5) is 11.9. The van der Waals surface area contributed by atoms with Crippen molar-refractivity contribution in [1.82, 2.24) is 0 Å². The number of hydrogen-bond acceptors (Lipinski definition) is 6. The maximum absolute atomic E-state index is 11.9. The molecule has 0 bridgehead atoms. The van der Waals surface area contributed by atoms with Crippen LogP contribution in [0.25, 0.3) is 0 Å². The first-order chi connectivity index (χ1) is 18.9. The molecule has 0 aromatic carbocycles. The van der Waals surface area contributed by atoms with Crippen molar-refractivity contribution in [2.24, 2.45) is 11.3 Å². The molecule has 1 heterocycles. The van der Waals surface area contributed by atoms with E-state index < -0.39 is 26.2 Å². The van der Waals surface area contributed by atoms with Crippen LogP contribution in [0.3, 0.4) is 0 Å². The minimum absolute atomic E-state index is 0.0903. The van der Waals surface area contributed by atoms with Gasteiger partial charge in [-0.1, -0.05) is 33.8 Å². The second kappa shape index (κ2) is 15.8. The molecule has 252 valence electrons. The van der Waals surface area contributed by atoms with Gasteiger partial charge in [0.2, 0.25) is 0 Å². The van der Waals surface area contributed by atoms with Crippen LogP contribution in [-0.4, -0.2) is 85.2 Å². The SMILES string of the molecule is C=C(C)C(=O)OC(C)(C)CCOC(C)(C)CCCS(C)(C)OS(C)(C)CC(C)CCCC(C)(C)OCC(C)(C)C1CO1. The van der Waals surface area contributed by atoms with Crippen LogP contribution in [0, 0.1) is 11.3 Å². The Balaban J connectivity index is 2.38. The van der Waals surface area contributed by atoms with Crippen molar-refractivity contribution in [3.63, 3.8) is 0 Å². The van der Waals surface area contributed by atoms with Crippen LogP contribution in [0.4, 0.5) is 0 Å². The van der Waals surface area contributed by atoms with Gasteiger partial charge in [-0.05, 0) is 111 Å². The van der Waals surface area contributed by atoms with Gasteiger partial charge in [-0.2, -0.15) is 0 Å². The van der Waals surface area contributed by atoms with Crippen molar-refractivity contribution in [3.8, 4) is 0 Å². The summed E-state index contributed by atoms with van der Waals surface area (Å²) in [7, 11) is -2.29. The van der Waals surface area contributed by atoms with E-state index in [9.17, 15) is 4.79 Å². The fourth-order valence-corrected chi connectivity index (χ4v) is 12.0. The van der Waals surface area contributed by atoms with Gasteiger partial charge in [0.1, 0.15) is 5.60 Å². The van der Waals surface area contributed by atoms with Crippen molar-refractivity contribution in [2.45, 2.75) is 131 Å². The van der Waals surface area contributed by atoms with Crippen molar-refractivity contribution in [2.75, 3.05) is 56.3 Å². The monoisotopic (exact) mass is 636 g/mol. The number of epoxide rings is 1. The van der Waals surface area contributed by atoms with Gasteiger partial charge in [-0.25, -0.2) is 4.79 Å². The zero-order chi connectivity index (χ0) is 32.6. The summed E-state index contributed by atoms with van der Waals surface area (Å²) >= 11 is 0. The molecule has 1 aliphatic rings. The maximum Gasteiger partial charge on any atom is 0.333 e. The Hall–Kier alpha value is -0.250. The molecule has 0 amide bonds. The van der Waals surface area contributed by atoms with Gasteiger partial charge in [0.25, 0.3) is 0 Å². The highest BCUT2D eigenvalue weighted by atomic mass is 32.3. The van der Waals surface area contributed by atoms with Gasteiger partial charge in [0.15, 0.2) is 0 Å². The molecule has 2 atom stereocenters. The fraction of sp³-hybridized carbons (Fsp3) is 0.912. The van der Waals surface area contributed by atoms with Crippen molar-refractivity contribution >= 4 is 26.6 Å². The van der Waals surface area contributed by atoms with Crippen LogP contribution in [0.15, 0.2) is 12.2 Å². The largest absolute Gasteiger partial charge is 0.456 e. The van der Waals surface area contributed by atoms with E-state index in [-0.39, 0.29) is 22.6 Å². The van der Waals surface area contributed by atoms with Crippen LogP contribution >= 0.6 is 20.6 Å². The van der Waals surface area contributed by atoms with Gasteiger partial charge in [0, 0.05) is 23.2 Å². The van der Waals surface area contributed by atoms with Crippen LogP contribution < -0.4 is 0 Å². The second-order valence-corrected chi connectivity index (χ2v) is 23.1. The zero-order valence-electron chi connectivity index (χ0n) is 29.9. The standard InChI is InChI=1S/C34H68O6S2/c1-27(2)30(35)39-34(10,11)21-22-37-32(6,7)20-17-23-41(12,13)40-42(14,15)25-28(3)18-16-19-33(8,9)38-26-31(4,5)29-24-36-29/h28-29H,1,16-26H2,2-15H3. The smallest absolute Gasteiger partial charge is 0.333 e. The third-order valence-electron chi connectivity index (χ3n) is 7.90. The number of rotatable bonds is 22. The third-order valence-corrected chi connectivity index (χ3v) is 13.5. The highest BCUT2D eigenvalue weighted by molar-refractivity contribution is 8.40. The maximum atomic E-state index is 11.9. The lowest BCUT2D eigenvalue weighted by atomic mass is 9.90. The van der Waals surface area contributed by atoms with E-state index in [2.05, 4.69) is 80.1 Å². The van der Waals surface area contributed by atoms with Gasteiger partial charge in [-0.3, -0.25) is 3.63 Å². The van der Waals surface area contributed by atoms with Gasteiger partial charge < -0.3 is 18.9 Å². The quantitative estimate of drug-likeness (QED) is 0.0672. The Bertz CT molecular complexity index is 858. The highest BCUT2D eigenvalue weighted by Gasteiger charge is 2.40. The molecule has 2 unspecified atom stereocenters. The number of hydrogen-bond donors (Lipinski definition) is 0. The summed E-state index contributed by atoms with van der Waals surface area (Å²) in [5, 5.41) is 0. The Morgan fingerprint density at radius 3 is 1.98 bits per heavy atom.